The molecule has 0 radical (unpaired) electrons. The third kappa shape index (κ3) is 2.85. The second kappa shape index (κ2) is 6.36. The van der Waals surface area contributed by atoms with Crippen molar-refractivity contribution in [3.05, 3.63) is 100 Å². The molecule has 3 nitrogen and oxygen atoms in total. The van der Waals surface area contributed by atoms with E-state index in [1.54, 1.807) is 18.2 Å². The van der Waals surface area contributed by atoms with Crippen LogP contribution in [0.2, 0.25) is 0 Å². The second-order valence-corrected chi connectivity index (χ2v) is 6.19. The first-order valence-corrected chi connectivity index (χ1v) is 8.36. The highest BCUT2D eigenvalue weighted by atomic mass is 16.6. The minimum atomic E-state index is -0.359. The Labute approximate surface area is 145 Å². The molecule has 1 aliphatic carbocycles. The predicted octanol–water partition coefficient (Wildman–Crippen LogP) is 5.69. The molecule has 0 fully saturated rings. The zero-order chi connectivity index (χ0) is 17.2. The number of benzene rings is 4. The minimum absolute atomic E-state index is 0.165. The number of fused-ring (bicyclic) bond motifs is 1. The SMILES string of the molecule is O=[N+]([O-])c1cccc2ccccc12.c1cc2c3c(cccc3c1)CC2. The van der Waals surface area contributed by atoms with E-state index in [9.17, 15) is 10.1 Å². The van der Waals surface area contributed by atoms with Crippen LogP contribution in [0.15, 0.2) is 78.9 Å². The van der Waals surface area contributed by atoms with Crippen LogP contribution in [0.4, 0.5) is 5.69 Å². The molecule has 0 amide bonds. The summed E-state index contributed by atoms with van der Waals surface area (Å²) in [5, 5.41) is 15.1. The van der Waals surface area contributed by atoms with Crippen LogP contribution in [-0.2, 0) is 12.8 Å². The van der Waals surface area contributed by atoms with Gasteiger partial charge >= 0.3 is 0 Å². The number of aryl methyl sites for hydroxylation is 2. The van der Waals surface area contributed by atoms with E-state index in [1.807, 2.05) is 18.2 Å². The van der Waals surface area contributed by atoms with E-state index in [4.69, 9.17) is 0 Å². The molecule has 1 aliphatic rings. The molecule has 0 heterocycles. The number of hydrogen-bond donors (Lipinski definition) is 0. The topological polar surface area (TPSA) is 43.1 Å². The summed E-state index contributed by atoms with van der Waals surface area (Å²) in [4.78, 5) is 10.3. The minimum Gasteiger partial charge on any atom is -0.258 e. The highest BCUT2D eigenvalue weighted by Crippen LogP contribution is 2.30. The zero-order valence-corrected chi connectivity index (χ0v) is 13.7. The van der Waals surface area contributed by atoms with Crippen molar-refractivity contribution >= 4 is 27.2 Å². The Bertz CT molecular complexity index is 1040. The van der Waals surface area contributed by atoms with Gasteiger partial charge in [-0.25, -0.2) is 0 Å². The van der Waals surface area contributed by atoms with Crippen LogP contribution >= 0.6 is 0 Å². The Morgan fingerprint density at radius 3 is 1.92 bits per heavy atom. The highest BCUT2D eigenvalue weighted by Gasteiger charge is 2.12. The standard InChI is InChI=1S/C12H10.C10H7NO2/c1-3-9-4-2-6-11-8-7-10(5-1)12(9)11;12-11(13)10-7-3-5-8-4-1-2-6-9(8)10/h1-6H,7-8H2;1-7H. The van der Waals surface area contributed by atoms with Gasteiger partial charge in [-0.1, -0.05) is 66.7 Å². The van der Waals surface area contributed by atoms with Gasteiger partial charge in [0.1, 0.15) is 0 Å². The largest absolute Gasteiger partial charge is 0.277 e. The molecule has 4 aromatic rings. The van der Waals surface area contributed by atoms with E-state index in [2.05, 4.69) is 36.4 Å². The van der Waals surface area contributed by atoms with Crippen LogP contribution in [0, 0.1) is 10.1 Å². The van der Waals surface area contributed by atoms with Gasteiger partial charge in [0.15, 0.2) is 0 Å². The van der Waals surface area contributed by atoms with Crippen molar-refractivity contribution in [2.75, 3.05) is 0 Å². The molecule has 0 aromatic heterocycles. The molecule has 0 aliphatic heterocycles. The fourth-order valence-electron chi connectivity index (χ4n) is 3.56. The van der Waals surface area contributed by atoms with Crippen LogP contribution in [0.5, 0.6) is 0 Å². The zero-order valence-electron chi connectivity index (χ0n) is 13.7. The van der Waals surface area contributed by atoms with E-state index < -0.39 is 0 Å². The van der Waals surface area contributed by atoms with Gasteiger partial charge < -0.3 is 0 Å². The van der Waals surface area contributed by atoms with E-state index >= 15 is 0 Å². The van der Waals surface area contributed by atoms with Gasteiger partial charge in [0.25, 0.3) is 5.69 Å². The summed E-state index contributed by atoms with van der Waals surface area (Å²) < 4.78 is 0. The monoisotopic (exact) mass is 327 g/mol. The lowest BCUT2D eigenvalue weighted by molar-refractivity contribution is -0.383. The van der Waals surface area contributed by atoms with Gasteiger partial charge in [-0.3, -0.25) is 10.1 Å². The molecule has 0 saturated carbocycles. The van der Waals surface area contributed by atoms with Gasteiger partial charge in [-0.05, 0) is 46.2 Å². The van der Waals surface area contributed by atoms with Gasteiger partial charge in [0.05, 0.1) is 10.3 Å². The Kier molecular flexibility index (Phi) is 3.90. The smallest absolute Gasteiger partial charge is 0.258 e. The van der Waals surface area contributed by atoms with Crippen LogP contribution in [0.3, 0.4) is 0 Å². The molecule has 5 rings (SSSR count). The van der Waals surface area contributed by atoms with Gasteiger partial charge in [0.2, 0.25) is 0 Å². The summed E-state index contributed by atoms with van der Waals surface area (Å²) in [6.07, 6.45) is 2.47. The summed E-state index contributed by atoms with van der Waals surface area (Å²) in [5.74, 6) is 0. The highest BCUT2D eigenvalue weighted by molar-refractivity contribution is 5.91. The molecular weight excluding hydrogens is 310 g/mol. The van der Waals surface area contributed by atoms with Crippen LogP contribution in [-0.4, -0.2) is 4.92 Å². The molecule has 0 spiro atoms. The predicted molar refractivity (Wildman–Crippen MR) is 102 cm³/mol. The lowest BCUT2D eigenvalue weighted by atomic mass is 10.1. The molecule has 0 bridgehead atoms. The summed E-state index contributed by atoms with van der Waals surface area (Å²) in [6.45, 7) is 0. The molecule has 0 saturated heterocycles. The van der Waals surface area contributed by atoms with Gasteiger partial charge in [-0.15, -0.1) is 0 Å². The van der Waals surface area contributed by atoms with Crippen LogP contribution < -0.4 is 0 Å². The number of hydrogen-bond acceptors (Lipinski definition) is 2. The fourth-order valence-corrected chi connectivity index (χ4v) is 3.56. The summed E-state index contributed by atoms with van der Waals surface area (Å²) in [6, 6.07) is 25.6. The number of nitro benzene ring substituents is 1. The average Bonchev–Trinajstić information content (AvgIpc) is 3.07. The summed E-state index contributed by atoms with van der Waals surface area (Å²) in [5.41, 5.74) is 3.23. The molecule has 0 atom stereocenters. The van der Waals surface area contributed by atoms with Crippen molar-refractivity contribution in [3.8, 4) is 0 Å². The summed E-state index contributed by atoms with van der Waals surface area (Å²) >= 11 is 0. The van der Waals surface area contributed by atoms with Crippen molar-refractivity contribution < 1.29 is 4.92 Å². The normalized spacial score (nSPS) is 12.0. The second-order valence-electron chi connectivity index (χ2n) is 6.19. The summed E-state index contributed by atoms with van der Waals surface area (Å²) in [7, 11) is 0. The van der Waals surface area contributed by atoms with Gasteiger partial charge in [-0.2, -0.15) is 0 Å². The molecular formula is C22H17NO2. The Morgan fingerprint density at radius 2 is 1.24 bits per heavy atom. The van der Waals surface area contributed by atoms with E-state index in [0.29, 0.717) is 5.39 Å². The van der Waals surface area contributed by atoms with Crippen molar-refractivity contribution in [3.63, 3.8) is 0 Å². The third-order valence-corrected chi connectivity index (χ3v) is 4.70. The molecule has 25 heavy (non-hydrogen) atoms. The maximum atomic E-state index is 10.6. The molecule has 122 valence electrons. The fraction of sp³-hybridized carbons (Fsp3) is 0.0909. The van der Waals surface area contributed by atoms with Crippen molar-refractivity contribution in [2.45, 2.75) is 12.8 Å². The van der Waals surface area contributed by atoms with Crippen LogP contribution in [0.1, 0.15) is 11.1 Å². The number of nitrogens with zero attached hydrogens (tertiary/aromatic N) is 1. The molecule has 3 heteroatoms. The van der Waals surface area contributed by atoms with Crippen molar-refractivity contribution in [2.24, 2.45) is 0 Å². The Morgan fingerprint density at radius 1 is 0.680 bits per heavy atom. The van der Waals surface area contributed by atoms with E-state index in [-0.39, 0.29) is 10.6 Å². The lowest BCUT2D eigenvalue weighted by Crippen LogP contribution is -1.88. The quantitative estimate of drug-likeness (QED) is 0.333. The van der Waals surface area contributed by atoms with Crippen molar-refractivity contribution in [1.29, 1.82) is 0 Å². The van der Waals surface area contributed by atoms with Crippen molar-refractivity contribution in [1.82, 2.24) is 0 Å². The number of rotatable bonds is 1. The number of nitro groups is 1. The first-order chi connectivity index (χ1) is 12.2. The molecule has 4 aromatic carbocycles. The maximum Gasteiger partial charge on any atom is 0.277 e. The molecule has 0 N–H and O–H groups in total. The maximum absolute atomic E-state index is 10.6. The first-order valence-electron chi connectivity index (χ1n) is 8.36. The van der Waals surface area contributed by atoms with Gasteiger partial charge in [0, 0.05) is 6.07 Å². The average molecular weight is 327 g/mol. The molecule has 0 unspecified atom stereocenters. The van der Waals surface area contributed by atoms with E-state index in [0.717, 1.165) is 5.39 Å². The lowest BCUT2D eigenvalue weighted by Gasteiger charge is -1.99. The number of non-ortho nitro benzene ring substituents is 1. The van der Waals surface area contributed by atoms with E-state index in [1.165, 1.54) is 40.8 Å². The Balaban J connectivity index is 0.000000126. The first kappa shape index (κ1) is 15.3. The third-order valence-electron chi connectivity index (χ3n) is 4.70. The Hall–Kier alpha value is -3.20. The van der Waals surface area contributed by atoms with Crippen LogP contribution in [0.25, 0.3) is 21.5 Å².